The van der Waals surface area contributed by atoms with E-state index in [1.807, 2.05) is 11.8 Å². The van der Waals surface area contributed by atoms with Gasteiger partial charge in [0.2, 0.25) is 0 Å². The lowest BCUT2D eigenvalue weighted by molar-refractivity contribution is -0.181. The lowest BCUT2D eigenvalue weighted by Gasteiger charge is -2.50. The van der Waals surface area contributed by atoms with Gasteiger partial charge < -0.3 is 14.6 Å². The molecule has 116 valence electrons. The van der Waals surface area contributed by atoms with Crippen molar-refractivity contribution in [2.75, 3.05) is 24.7 Å². The number of hydrogen-bond acceptors (Lipinski definition) is 4. The van der Waals surface area contributed by atoms with E-state index in [1.165, 1.54) is 11.5 Å². The molecule has 20 heavy (non-hydrogen) atoms. The van der Waals surface area contributed by atoms with E-state index in [-0.39, 0.29) is 11.7 Å². The van der Waals surface area contributed by atoms with Crippen LogP contribution in [-0.4, -0.2) is 47.1 Å². The highest BCUT2D eigenvalue weighted by molar-refractivity contribution is 7.99. The Morgan fingerprint density at radius 1 is 1.15 bits per heavy atom. The Balaban J connectivity index is 1.69. The number of hydrogen-bond donors (Lipinski definition) is 1. The van der Waals surface area contributed by atoms with Crippen molar-refractivity contribution in [2.24, 2.45) is 5.92 Å². The van der Waals surface area contributed by atoms with Crippen LogP contribution in [0.2, 0.25) is 0 Å². The molecule has 0 radical (unpaired) electrons. The van der Waals surface area contributed by atoms with Gasteiger partial charge in [-0.25, -0.2) is 0 Å². The molecule has 3 saturated heterocycles. The van der Waals surface area contributed by atoms with Crippen molar-refractivity contribution in [1.82, 2.24) is 0 Å². The zero-order chi connectivity index (χ0) is 14.1. The van der Waals surface area contributed by atoms with Gasteiger partial charge in [-0.15, -0.1) is 0 Å². The fraction of sp³-hybridized carbons (Fsp3) is 1.00. The van der Waals surface area contributed by atoms with Crippen molar-refractivity contribution in [3.63, 3.8) is 0 Å². The number of thioether (sulfide) groups is 1. The smallest absolute Gasteiger partial charge is 0.0724 e. The maximum absolute atomic E-state index is 11.2. The molecule has 3 atom stereocenters. The van der Waals surface area contributed by atoms with Crippen LogP contribution < -0.4 is 0 Å². The van der Waals surface area contributed by atoms with Crippen molar-refractivity contribution in [3.05, 3.63) is 0 Å². The monoisotopic (exact) mass is 300 g/mol. The van der Waals surface area contributed by atoms with Crippen molar-refractivity contribution in [3.8, 4) is 0 Å². The van der Waals surface area contributed by atoms with Crippen LogP contribution in [0.25, 0.3) is 0 Å². The largest absolute Gasteiger partial charge is 0.389 e. The molecule has 0 aromatic rings. The molecule has 0 aromatic carbocycles. The summed E-state index contributed by atoms with van der Waals surface area (Å²) in [5, 5.41) is 11.2. The minimum atomic E-state index is -0.514. The van der Waals surface area contributed by atoms with E-state index in [1.54, 1.807) is 0 Å². The first-order valence-electron chi connectivity index (χ1n) is 8.21. The van der Waals surface area contributed by atoms with E-state index in [0.29, 0.717) is 5.92 Å². The summed E-state index contributed by atoms with van der Waals surface area (Å²) < 4.78 is 11.9. The van der Waals surface area contributed by atoms with Gasteiger partial charge in [0.05, 0.1) is 17.3 Å². The summed E-state index contributed by atoms with van der Waals surface area (Å²) in [6, 6.07) is 0. The SMILES string of the molecule is CCC1CC(O)(C2CCOC3(CCSCC3)C2)CCO1. The normalized spacial score (nSPS) is 41.7. The molecule has 3 nitrogen and oxygen atoms in total. The lowest BCUT2D eigenvalue weighted by atomic mass is 9.70. The molecule has 1 spiro atoms. The van der Waals surface area contributed by atoms with E-state index < -0.39 is 5.60 Å². The summed E-state index contributed by atoms with van der Waals surface area (Å²) in [4.78, 5) is 0. The van der Waals surface area contributed by atoms with Crippen LogP contribution in [0.4, 0.5) is 0 Å². The minimum Gasteiger partial charge on any atom is -0.389 e. The van der Waals surface area contributed by atoms with Crippen molar-refractivity contribution in [2.45, 2.75) is 69.2 Å². The fourth-order valence-electron chi connectivity index (χ4n) is 4.17. The van der Waals surface area contributed by atoms with E-state index >= 15 is 0 Å². The summed E-state index contributed by atoms with van der Waals surface area (Å²) >= 11 is 2.04. The Hall–Kier alpha value is 0.230. The third-order valence-corrected chi connectivity index (χ3v) is 6.57. The molecule has 0 aromatic heterocycles. The third-order valence-electron chi connectivity index (χ3n) is 5.58. The first-order chi connectivity index (χ1) is 9.66. The molecule has 0 saturated carbocycles. The number of ether oxygens (including phenoxy) is 2. The van der Waals surface area contributed by atoms with E-state index in [4.69, 9.17) is 9.47 Å². The number of rotatable bonds is 2. The summed E-state index contributed by atoms with van der Waals surface area (Å²) in [6.45, 7) is 3.70. The molecule has 3 aliphatic rings. The molecule has 0 amide bonds. The van der Waals surface area contributed by atoms with Gasteiger partial charge in [-0.3, -0.25) is 0 Å². The lowest BCUT2D eigenvalue weighted by Crippen LogP contribution is -2.53. The first kappa shape index (κ1) is 15.1. The van der Waals surface area contributed by atoms with Crippen molar-refractivity contribution >= 4 is 11.8 Å². The van der Waals surface area contributed by atoms with Crippen LogP contribution in [0.1, 0.15) is 51.9 Å². The van der Waals surface area contributed by atoms with Gasteiger partial charge >= 0.3 is 0 Å². The van der Waals surface area contributed by atoms with Gasteiger partial charge in [-0.1, -0.05) is 6.92 Å². The fourth-order valence-corrected chi connectivity index (χ4v) is 5.41. The molecule has 3 aliphatic heterocycles. The van der Waals surface area contributed by atoms with Crippen molar-refractivity contribution < 1.29 is 14.6 Å². The summed E-state index contributed by atoms with van der Waals surface area (Å²) in [6.07, 6.45) is 7.28. The zero-order valence-electron chi connectivity index (χ0n) is 12.6. The second-order valence-corrected chi connectivity index (χ2v) is 8.02. The standard InChI is InChI=1S/C16H28O3S/c1-2-14-12-16(17,4-8-18-14)13-3-7-19-15(11-13)5-9-20-10-6-15/h13-14,17H,2-12H2,1H3. The average Bonchev–Trinajstić information content (AvgIpc) is 2.48. The van der Waals surface area contributed by atoms with Gasteiger partial charge in [0.1, 0.15) is 0 Å². The van der Waals surface area contributed by atoms with Gasteiger partial charge in [0, 0.05) is 19.6 Å². The maximum Gasteiger partial charge on any atom is 0.0724 e. The molecule has 3 unspecified atom stereocenters. The molecule has 0 bridgehead atoms. The molecule has 0 aliphatic carbocycles. The second-order valence-electron chi connectivity index (χ2n) is 6.79. The quantitative estimate of drug-likeness (QED) is 0.851. The van der Waals surface area contributed by atoms with Crippen LogP contribution in [0.15, 0.2) is 0 Å². The van der Waals surface area contributed by atoms with Gasteiger partial charge in [0.25, 0.3) is 0 Å². The third kappa shape index (κ3) is 3.03. The topological polar surface area (TPSA) is 38.7 Å². The van der Waals surface area contributed by atoms with Gasteiger partial charge in [-0.2, -0.15) is 11.8 Å². The van der Waals surface area contributed by atoms with Gasteiger partial charge in [-0.05, 0) is 55.9 Å². The predicted octanol–water partition coefficient (Wildman–Crippen LogP) is 3.00. The molecular weight excluding hydrogens is 272 g/mol. The molecular formula is C16H28O3S. The van der Waals surface area contributed by atoms with Crippen LogP contribution in [0.3, 0.4) is 0 Å². The average molecular weight is 300 g/mol. The van der Waals surface area contributed by atoms with E-state index in [0.717, 1.165) is 58.2 Å². The Kier molecular flexibility index (Phi) is 4.66. The van der Waals surface area contributed by atoms with E-state index in [9.17, 15) is 5.11 Å². The Morgan fingerprint density at radius 3 is 2.70 bits per heavy atom. The molecule has 3 rings (SSSR count). The molecule has 1 N–H and O–H groups in total. The summed E-state index contributed by atoms with van der Waals surface area (Å²) in [5.74, 6) is 2.83. The van der Waals surface area contributed by atoms with Crippen LogP contribution in [-0.2, 0) is 9.47 Å². The van der Waals surface area contributed by atoms with Gasteiger partial charge in [0.15, 0.2) is 0 Å². The van der Waals surface area contributed by atoms with Crippen LogP contribution in [0, 0.1) is 5.92 Å². The van der Waals surface area contributed by atoms with Crippen LogP contribution in [0.5, 0.6) is 0 Å². The highest BCUT2D eigenvalue weighted by Gasteiger charge is 2.48. The Labute approximate surface area is 126 Å². The maximum atomic E-state index is 11.2. The van der Waals surface area contributed by atoms with E-state index in [2.05, 4.69) is 6.92 Å². The molecule has 4 heteroatoms. The Bertz CT molecular complexity index is 324. The highest BCUT2D eigenvalue weighted by atomic mass is 32.2. The summed E-state index contributed by atoms with van der Waals surface area (Å²) in [7, 11) is 0. The molecule has 3 heterocycles. The van der Waals surface area contributed by atoms with Crippen molar-refractivity contribution in [1.29, 1.82) is 0 Å². The highest BCUT2D eigenvalue weighted by Crippen LogP contribution is 2.46. The minimum absolute atomic E-state index is 0.0733. The van der Waals surface area contributed by atoms with Crippen LogP contribution >= 0.6 is 11.8 Å². The first-order valence-corrected chi connectivity index (χ1v) is 9.37. The predicted molar refractivity (Wildman–Crippen MR) is 82.2 cm³/mol. The Morgan fingerprint density at radius 2 is 1.95 bits per heavy atom. The number of aliphatic hydroxyl groups is 1. The molecule has 3 fully saturated rings. The second kappa shape index (κ2) is 6.15. The summed E-state index contributed by atoms with van der Waals surface area (Å²) in [5.41, 5.74) is -0.440. The zero-order valence-corrected chi connectivity index (χ0v) is 13.4.